The number of carbonyl (C=O) groups excluding carboxylic acids is 1. The summed E-state index contributed by atoms with van der Waals surface area (Å²) in [5.41, 5.74) is 0.529. The van der Waals surface area contributed by atoms with Gasteiger partial charge in [-0.1, -0.05) is 61.3 Å². The molecular formula is C29H36Cl2N2O5S. The molecule has 1 saturated carbocycles. The van der Waals surface area contributed by atoms with Crippen molar-refractivity contribution in [1.29, 1.82) is 0 Å². The standard InChI is InChI=1S/C29H36Cl2N2O5S/c1-5-23(18-32(4)39(37,38)29(3)13-14-29)33-26(19-9-11-21(30)12-10-19)24(20-7-6-8-22(31)15-20)16-28(2,27(33)36)17-25(34)35/h6-12,15,23-24,26H,5,13-14,16-18H2,1-4H3,(H,34,35)/t23-,24+,26+,28+/m0/s1. The van der Waals surface area contributed by atoms with Crippen LogP contribution in [-0.2, 0) is 19.6 Å². The van der Waals surface area contributed by atoms with Crippen LogP contribution in [0.15, 0.2) is 48.5 Å². The normalized spacial score (nSPS) is 25.5. The zero-order valence-electron chi connectivity index (χ0n) is 22.7. The third-order valence-corrected chi connectivity index (χ3v) is 11.6. The number of aliphatic carboxylic acids is 1. The minimum Gasteiger partial charge on any atom is -0.481 e. The highest BCUT2D eigenvalue weighted by Gasteiger charge is 2.55. The molecule has 1 N–H and O–H groups in total. The van der Waals surface area contributed by atoms with Gasteiger partial charge in [0, 0.05) is 35.6 Å². The van der Waals surface area contributed by atoms with Crippen LogP contribution >= 0.6 is 23.2 Å². The monoisotopic (exact) mass is 594 g/mol. The molecule has 1 amide bonds. The van der Waals surface area contributed by atoms with E-state index in [0.717, 1.165) is 11.1 Å². The molecule has 0 bridgehead atoms. The smallest absolute Gasteiger partial charge is 0.304 e. The number of hydrogen-bond donors (Lipinski definition) is 1. The SMILES string of the molecule is CC[C@@H](CN(C)S(=O)(=O)C1(C)CC1)N1C(=O)[C@@](C)(CC(=O)O)C[C@H](c2cccc(Cl)c2)[C@H]1c1ccc(Cl)cc1. The van der Waals surface area contributed by atoms with Gasteiger partial charge in [-0.2, -0.15) is 0 Å². The van der Waals surface area contributed by atoms with E-state index in [0.29, 0.717) is 35.7 Å². The van der Waals surface area contributed by atoms with E-state index in [9.17, 15) is 23.1 Å². The largest absolute Gasteiger partial charge is 0.481 e. The summed E-state index contributed by atoms with van der Waals surface area (Å²) in [4.78, 5) is 28.1. The Morgan fingerprint density at radius 1 is 1.10 bits per heavy atom. The molecule has 1 heterocycles. The molecule has 7 nitrogen and oxygen atoms in total. The van der Waals surface area contributed by atoms with Gasteiger partial charge in [-0.25, -0.2) is 12.7 Å². The third-order valence-electron chi connectivity index (χ3n) is 8.45. The van der Waals surface area contributed by atoms with Crippen LogP contribution in [0, 0.1) is 5.41 Å². The zero-order chi connectivity index (χ0) is 28.8. The Bertz CT molecular complexity index is 1350. The van der Waals surface area contributed by atoms with Gasteiger partial charge >= 0.3 is 5.97 Å². The Labute approximate surface area is 241 Å². The Kier molecular flexibility index (Phi) is 8.44. The maximum atomic E-state index is 14.4. The first-order valence-electron chi connectivity index (χ1n) is 13.2. The second-order valence-corrected chi connectivity index (χ2v) is 14.9. The number of rotatable bonds is 10. The van der Waals surface area contributed by atoms with Crippen molar-refractivity contribution < 1.29 is 23.1 Å². The van der Waals surface area contributed by atoms with Crippen LogP contribution < -0.4 is 0 Å². The molecule has 4 atom stereocenters. The Hall–Kier alpha value is -2.13. The first kappa shape index (κ1) is 29.8. The van der Waals surface area contributed by atoms with Crippen LogP contribution in [0.5, 0.6) is 0 Å². The molecule has 0 spiro atoms. The number of likely N-dealkylation sites (tertiary alicyclic amines) is 1. The van der Waals surface area contributed by atoms with Gasteiger partial charge in [-0.3, -0.25) is 9.59 Å². The van der Waals surface area contributed by atoms with Crippen molar-refractivity contribution in [2.24, 2.45) is 5.41 Å². The molecule has 0 aromatic heterocycles. The molecule has 2 aliphatic rings. The van der Waals surface area contributed by atoms with Crippen LogP contribution in [0.25, 0.3) is 0 Å². The summed E-state index contributed by atoms with van der Waals surface area (Å²) in [5.74, 6) is -1.64. The van der Waals surface area contributed by atoms with Gasteiger partial charge in [0.2, 0.25) is 15.9 Å². The van der Waals surface area contributed by atoms with Crippen molar-refractivity contribution in [3.05, 3.63) is 69.7 Å². The third kappa shape index (κ3) is 5.85. The van der Waals surface area contributed by atoms with Gasteiger partial charge < -0.3 is 10.0 Å². The fraction of sp³-hybridized carbons (Fsp3) is 0.517. The maximum absolute atomic E-state index is 14.4. The lowest BCUT2D eigenvalue weighted by molar-refractivity contribution is -0.160. The molecule has 1 aliphatic heterocycles. The second kappa shape index (κ2) is 11.0. The van der Waals surface area contributed by atoms with Crippen LogP contribution in [0.1, 0.15) is 76.0 Å². The molecule has 2 fully saturated rings. The first-order valence-corrected chi connectivity index (χ1v) is 15.4. The van der Waals surface area contributed by atoms with Crippen LogP contribution in [0.2, 0.25) is 10.0 Å². The molecular weight excluding hydrogens is 559 g/mol. The van der Waals surface area contributed by atoms with Gasteiger partial charge in [0.1, 0.15) is 0 Å². The molecule has 2 aromatic rings. The molecule has 0 radical (unpaired) electrons. The van der Waals surface area contributed by atoms with Crippen LogP contribution in [0.3, 0.4) is 0 Å². The van der Waals surface area contributed by atoms with Crippen molar-refractivity contribution in [2.75, 3.05) is 13.6 Å². The number of carboxylic acid groups (broad SMARTS) is 1. The van der Waals surface area contributed by atoms with E-state index in [4.69, 9.17) is 23.2 Å². The first-order chi connectivity index (χ1) is 18.2. The van der Waals surface area contributed by atoms with E-state index in [1.54, 1.807) is 44.0 Å². The predicted molar refractivity (Wildman–Crippen MR) is 153 cm³/mol. The average Bonchev–Trinajstić information content (AvgIpc) is 3.63. The van der Waals surface area contributed by atoms with E-state index < -0.39 is 38.2 Å². The average molecular weight is 596 g/mol. The number of likely N-dealkylation sites (N-methyl/N-ethyl adjacent to an activating group) is 1. The number of piperidine rings is 1. The summed E-state index contributed by atoms with van der Waals surface area (Å²) < 4.78 is 27.3. The summed E-state index contributed by atoms with van der Waals surface area (Å²) in [7, 11) is -2.00. The van der Waals surface area contributed by atoms with Crippen LogP contribution in [0.4, 0.5) is 0 Å². The van der Waals surface area contributed by atoms with E-state index in [1.165, 1.54) is 4.31 Å². The maximum Gasteiger partial charge on any atom is 0.304 e. The number of benzene rings is 2. The van der Waals surface area contributed by atoms with Crippen molar-refractivity contribution >= 4 is 45.1 Å². The van der Waals surface area contributed by atoms with Crippen molar-refractivity contribution in [3.63, 3.8) is 0 Å². The van der Waals surface area contributed by atoms with E-state index >= 15 is 0 Å². The summed E-state index contributed by atoms with van der Waals surface area (Å²) in [6.45, 7) is 5.48. The summed E-state index contributed by atoms with van der Waals surface area (Å²) in [6.07, 6.45) is 1.66. The van der Waals surface area contributed by atoms with Gasteiger partial charge in [0.25, 0.3) is 0 Å². The number of carbonyl (C=O) groups is 2. The Morgan fingerprint density at radius 3 is 2.28 bits per heavy atom. The van der Waals surface area contributed by atoms with Gasteiger partial charge in [0.15, 0.2) is 0 Å². The zero-order valence-corrected chi connectivity index (χ0v) is 25.1. The minimum atomic E-state index is -3.57. The van der Waals surface area contributed by atoms with E-state index in [2.05, 4.69) is 0 Å². The van der Waals surface area contributed by atoms with Gasteiger partial charge in [-0.05, 0) is 68.0 Å². The molecule has 212 valence electrons. The number of nitrogens with zero attached hydrogens (tertiary/aromatic N) is 2. The quantitative estimate of drug-likeness (QED) is 0.357. The molecule has 2 aromatic carbocycles. The number of sulfonamides is 1. The van der Waals surface area contributed by atoms with Crippen molar-refractivity contribution in [3.8, 4) is 0 Å². The molecule has 10 heteroatoms. The summed E-state index contributed by atoms with van der Waals surface area (Å²) >= 11 is 12.6. The lowest BCUT2D eigenvalue weighted by atomic mass is 9.67. The molecule has 0 unspecified atom stereocenters. The Morgan fingerprint density at radius 2 is 1.74 bits per heavy atom. The molecule has 4 rings (SSSR count). The molecule has 1 saturated heterocycles. The fourth-order valence-electron chi connectivity index (χ4n) is 5.90. The van der Waals surface area contributed by atoms with Gasteiger partial charge in [-0.15, -0.1) is 0 Å². The number of halogens is 2. The van der Waals surface area contributed by atoms with Crippen LogP contribution in [-0.4, -0.2) is 59.0 Å². The number of hydrogen-bond acceptors (Lipinski definition) is 4. The topological polar surface area (TPSA) is 95.0 Å². The highest BCUT2D eigenvalue weighted by molar-refractivity contribution is 7.90. The minimum absolute atomic E-state index is 0.107. The van der Waals surface area contributed by atoms with Crippen molar-refractivity contribution in [1.82, 2.24) is 9.21 Å². The summed E-state index contributed by atoms with van der Waals surface area (Å²) in [5, 5.41) is 10.9. The van der Waals surface area contributed by atoms with E-state index in [-0.39, 0.29) is 24.8 Å². The lowest BCUT2D eigenvalue weighted by Crippen LogP contribution is -2.58. The molecule has 39 heavy (non-hydrogen) atoms. The number of carboxylic acids is 1. The highest BCUT2D eigenvalue weighted by atomic mass is 35.5. The second-order valence-electron chi connectivity index (χ2n) is 11.5. The highest BCUT2D eigenvalue weighted by Crippen LogP contribution is 2.52. The fourth-order valence-corrected chi connectivity index (χ4v) is 7.96. The summed E-state index contributed by atoms with van der Waals surface area (Å²) in [6, 6.07) is 13.7. The molecule has 1 aliphatic carbocycles. The van der Waals surface area contributed by atoms with E-state index in [1.807, 2.05) is 37.3 Å². The number of amides is 1. The van der Waals surface area contributed by atoms with Crippen molar-refractivity contribution in [2.45, 2.75) is 75.6 Å². The van der Waals surface area contributed by atoms with Gasteiger partial charge in [0.05, 0.1) is 22.6 Å². The Balaban J connectivity index is 1.86. The lowest BCUT2D eigenvalue weighted by Gasteiger charge is -2.52. The predicted octanol–water partition coefficient (Wildman–Crippen LogP) is 6.12.